The lowest BCUT2D eigenvalue weighted by atomic mass is 10.0. The largest absolute Gasteiger partial charge is 0.416 e. The first-order chi connectivity index (χ1) is 8.39. The second-order valence-electron chi connectivity index (χ2n) is 3.73. The number of halogens is 4. The van der Waals surface area contributed by atoms with E-state index >= 15 is 0 Å². The van der Waals surface area contributed by atoms with Gasteiger partial charge in [-0.1, -0.05) is 6.07 Å². The highest BCUT2D eigenvalue weighted by atomic mass is 32.1. The van der Waals surface area contributed by atoms with Crippen LogP contribution in [0.4, 0.5) is 17.6 Å². The van der Waals surface area contributed by atoms with E-state index in [1.807, 2.05) is 0 Å². The average Bonchev–Trinajstić information content (AvgIpc) is 2.80. The van der Waals surface area contributed by atoms with Crippen molar-refractivity contribution in [3.63, 3.8) is 0 Å². The number of benzene rings is 1. The van der Waals surface area contributed by atoms with Gasteiger partial charge in [0, 0.05) is 10.4 Å². The van der Waals surface area contributed by atoms with E-state index in [1.165, 1.54) is 11.3 Å². The number of thiophene rings is 1. The van der Waals surface area contributed by atoms with Crippen LogP contribution in [0.3, 0.4) is 0 Å². The first-order valence-electron chi connectivity index (χ1n) is 5.05. The van der Waals surface area contributed by atoms with Crippen LogP contribution in [0.15, 0.2) is 35.7 Å². The molecule has 1 atom stereocenters. The van der Waals surface area contributed by atoms with Crippen molar-refractivity contribution in [3.05, 3.63) is 57.5 Å². The molecule has 2 N–H and O–H groups in total. The Bertz CT molecular complexity index is 534. The Balaban J connectivity index is 2.44. The third kappa shape index (κ3) is 2.54. The number of hydrogen-bond donors (Lipinski definition) is 1. The Kier molecular flexibility index (Phi) is 3.41. The molecule has 0 fully saturated rings. The van der Waals surface area contributed by atoms with Crippen LogP contribution in [-0.4, -0.2) is 0 Å². The van der Waals surface area contributed by atoms with E-state index in [0.29, 0.717) is 10.9 Å². The molecule has 0 aliphatic carbocycles. The van der Waals surface area contributed by atoms with E-state index in [2.05, 4.69) is 0 Å². The lowest BCUT2D eigenvalue weighted by molar-refractivity contribution is -0.137. The van der Waals surface area contributed by atoms with Gasteiger partial charge in [-0.25, -0.2) is 4.39 Å². The van der Waals surface area contributed by atoms with Crippen molar-refractivity contribution in [2.75, 3.05) is 0 Å². The highest BCUT2D eigenvalue weighted by Gasteiger charge is 2.31. The van der Waals surface area contributed by atoms with E-state index in [1.54, 1.807) is 17.5 Å². The molecule has 1 aromatic carbocycles. The zero-order chi connectivity index (χ0) is 13.3. The Morgan fingerprint density at radius 3 is 2.44 bits per heavy atom. The molecule has 1 heterocycles. The third-order valence-corrected chi connectivity index (χ3v) is 3.46. The van der Waals surface area contributed by atoms with Crippen molar-refractivity contribution in [3.8, 4) is 0 Å². The topological polar surface area (TPSA) is 26.0 Å². The van der Waals surface area contributed by atoms with Gasteiger partial charge >= 0.3 is 6.18 Å². The van der Waals surface area contributed by atoms with Gasteiger partial charge in [-0.05, 0) is 29.6 Å². The maximum Gasteiger partial charge on any atom is 0.416 e. The molecule has 2 rings (SSSR count). The second-order valence-corrected chi connectivity index (χ2v) is 4.71. The van der Waals surface area contributed by atoms with Crippen molar-refractivity contribution in [1.29, 1.82) is 0 Å². The fourth-order valence-electron chi connectivity index (χ4n) is 1.58. The predicted molar refractivity (Wildman–Crippen MR) is 61.8 cm³/mol. The van der Waals surface area contributed by atoms with Crippen LogP contribution < -0.4 is 5.73 Å². The second kappa shape index (κ2) is 4.70. The van der Waals surface area contributed by atoms with Crippen LogP contribution in [0.5, 0.6) is 0 Å². The van der Waals surface area contributed by atoms with Crippen LogP contribution in [0.1, 0.15) is 22.0 Å². The van der Waals surface area contributed by atoms with Gasteiger partial charge in [0.15, 0.2) is 0 Å². The van der Waals surface area contributed by atoms with Crippen LogP contribution in [-0.2, 0) is 6.18 Å². The maximum absolute atomic E-state index is 13.6. The first-order valence-corrected chi connectivity index (χ1v) is 5.93. The molecule has 0 bridgehead atoms. The van der Waals surface area contributed by atoms with Crippen molar-refractivity contribution in [2.45, 2.75) is 12.2 Å². The zero-order valence-electron chi connectivity index (χ0n) is 9.04. The van der Waals surface area contributed by atoms with Crippen molar-refractivity contribution in [2.24, 2.45) is 5.73 Å². The molecule has 0 saturated carbocycles. The summed E-state index contributed by atoms with van der Waals surface area (Å²) in [6.07, 6.45) is -4.50. The van der Waals surface area contributed by atoms with Gasteiger partial charge in [0.1, 0.15) is 5.82 Å². The third-order valence-electron chi connectivity index (χ3n) is 2.51. The predicted octanol–water partition coefficient (Wildman–Crippen LogP) is 3.95. The highest BCUT2D eigenvalue weighted by Crippen LogP contribution is 2.33. The number of nitrogens with two attached hydrogens (primary N) is 1. The molecule has 1 nitrogen and oxygen atoms in total. The lowest BCUT2D eigenvalue weighted by Gasteiger charge is -2.14. The van der Waals surface area contributed by atoms with Crippen LogP contribution in [0.25, 0.3) is 0 Å². The van der Waals surface area contributed by atoms with E-state index in [9.17, 15) is 17.6 Å². The molecule has 2 aromatic rings. The summed E-state index contributed by atoms with van der Waals surface area (Å²) >= 11 is 1.27. The molecule has 0 aliphatic rings. The summed E-state index contributed by atoms with van der Waals surface area (Å²) in [5, 5.41) is 1.74. The molecule has 6 heteroatoms. The van der Waals surface area contributed by atoms with Crippen LogP contribution in [0.2, 0.25) is 0 Å². The molecular weight excluding hydrogens is 266 g/mol. The summed E-state index contributed by atoms with van der Waals surface area (Å²) in [5.74, 6) is -0.732. The SMILES string of the molecule is N[C@H](c1cccs1)c1cc(C(F)(F)F)ccc1F. The summed E-state index contributed by atoms with van der Waals surface area (Å²) in [5.41, 5.74) is 4.73. The summed E-state index contributed by atoms with van der Waals surface area (Å²) < 4.78 is 51.2. The summed E-state index contributed by atoms with van der Waals surface area (Å²) in [6.45, 7) is 0. The molecule has 18 heavy (non-hydrogen) atoms. The minimum atomic E-state index is -4.50. The van der Waals surface area contributed by atoms with Gasteiger partial charge in [-0.15, -0.1) is 11.3 Å². The molecular formula is C12H9F4NS. The molecule has 0 unspecified atom stereocenters. The molecule has 0 saturated heterocycles. The monoisotopic (exact) mass is 275 g/mol. The number of hydrogen-bond acceptors (Lipinski definition) is 2. The zero-order valence-corrected chi connectivity index (χ0v) is 9.86. The highest BCUT2D eigenvalue weighted by molar-refractivity contribution is 7.10. The van der Waals surface area contributed by atoms with Gasteiger partial charge in [-0.3, -0.25) is 0 Å². The van der Waals surface area contributed by atoms with Gasteiger partial charge in [0.25, 0.3) is 0 Å². The minimum Gasteiger partial charge on any atom is -0.320 e. The number of alkyl halides is 3. The van der Waals surface area contributed by atoms with E-state index in [0.717, 1.165) is 12.1 Å². The van der Waals surface area contributed by atoms with Gasteiger partial charge in [-0.2, -0.15) is 13.2 Å². The molecule has 1 aromatic heterocycles. The molecule has 0 aliphatic heterocycles. The summed E-state index contributed by atoms with van der Waals surface area (Å²) in [6, 6.07) is 4.76. The lowest BCUT2D eigenvalue weighted by Crippen LogP contribution is -2.14. The van der Waals surface area contributed by atoms with Crippen LogP contribution >= 0.6 is 11.3 Å². The minimum absolute atomic E-state index is 0.146. The average molecular weight is 275 g/mol. The number of rotatable bonds is 2. The van der Waals surface area contributed by atoms with Crippen molar-refractivity contribution >= 4 is 11.3 Å². The van der Waals surface area contributed by atoms with Crippen molar-refractivity contribution in [1.82, 2.24) is 0 Å². The van der Waals surface area contributed by atoms with Crippen molar-refractivity contribution < 1.29 is 17.6 Å². The quantitative estimate of drug-likeness (QED) is 0.825. The fourth-order valence-corrected chi connectivity index (χ4v) is 2.32. The van der Waals surface area contributed by atoms with Gasteiger partial charge in [0.05, 0.1) is 11.6 Å². The van der Waals surface area contributed by atoms with Crippen LogP contribution in [0, 0.1) is 5.82 Å². The Morgan fingerprint density at radius 2 is 1.89 bits per heavy atom. The van der Waals surface area contributed by atoms with Gasteiger partial charge < -0.3 is 5.73 Å². The van der Waals surface area contributed by atoms with E-state index in [4.69, 9.17) is 5.73 Å². The maximum atomic E-state index is 13.6. The molecule has 0 radical (unpaired) electrons. The normalized spacial score (nSPS) is 13.6. The molecule has 96 valence electrons. The molecule has 0 amide bonds. The molecule has 0 spiro atoms. The Morgan fingerprint density at radius 1 is 1.17 bits per heavy atom. The summed E-state index contributed by atoms with van der Waals surface area (Å²) in [7, 11) is 0. The van der Waals surface area contributed by atoms with Gasteiger partial charge in [0.2, 0.25) is 0 Å². The smallest absolute Gasteiger partial charge is 0.320 e. The summed E-state index contributed by atoms with van der Waals surface area (Å²) in [4.78, 5) is 0.619. The standard InChI is InChI=1S/C12H9F4NS/c13-9-4-3-7(12(14,15)16)6-8(9)11(17)10-2-1-5-18-10/h1-6,11H,17H2/t11-/m0/s1. The first kappa shape index (κ1) is 13.0. The Hall–Kier alpha value is -1.40. The van der Waals surface area contributed by atoms with E-state index in [-0.39, 0.29) is 5.56 Å². The fraction of sp³-hybridized carbons (Fsp3) is 0.167. The van der Waals surface area contributed by atoms with E-state index < -0.39 is 23.6 Å². The Labute approximate surface area is 105 Å².